The minimum absolute atomic E-state index is 0.0851. The summed E-state index contributed by atoms with van der Waals surface area (Å²) in [6.45, 7) is 0. The van der Waals surface area contributed by atoms with Crippen molar-refractivity contribution in [2.45, 2.75) is 6.18 Å². The first-order valence-electron chi connectivity index (χ1n) is 5.40. The Balaban J connectivity index is 2.29. The normalized spacial score (nSPS) is 11.2. The summed E-state index contributed by atoms with van der Waals surface area (Å²) >= 11 is 0.332. The number of nitrogens with one attached hydrogen (secondary N) is 1. The molecule has 3 N–H and O–H groups in total. The molecule has 0 radical (unpaired) electrons. The number of nitroso groups, excluding NO2 is 1. The van der Waals surface area contributed by atoms with Crippen molar-refractivity contribution in [3.8, 4) is 0 Å². The number of benzene rings is 1. The average Bonchev–Trinajstić information content (AvgIpc) is 2.82. The lowest BCUT2D eigenvalue weighted by molar-refractivity contribution is -0.140. The second-order valence-corrected chi connectivity index (χ2v) is 4.78. The van der Waals surface area contributed by atoms with E-state index >= 15 is 0 Å². The Bertz CT molecular complexity index is 699. The number of carbonyl (C=O) groups is 1. The molecule has 10 heteroatoms. The third-order valence-electron chi connectivity index (χ3n) is 2.39. The SMILES string of the molecule is Nc1ccccc1C(=O)Nc1nc(C(F)(F)F)c(N=O)s1. The zero-order valence-corrected chi connectivity index (χ0v) is 11.0. The van der Waals surface area contributed by atoms with Crippen LogP contribution < -0.4 is 11.1 Å². The molecule has 0 spiro atoms. The van der Waals surface area contributed by atoms with Gasteiger partial charge >= 0.3 is 6.18 Å². The van der Waals surface area contributed by atoms with Gasteiger partial charge in [-0.1, -0.05) is 23.5 Å². The molecule has 0 fully saturated rings. The minimum Gasteiger partial charge on any atom is -0.398 e. The summed E-state index contributed by atoms with van der Waals surface area (Å²) in [4.78, 5) is 25.4. The summed E-state index contributed by atoms with van der Waals surface area (Å²) in [6.07, 6.45) is -4.82. The van der Waals surface area contributed by atoms with E-state index in [1.54, 1.807) is 12.1 Å². The van der Waals surface area contributed by atoms with Crippen molar-refractivity contribution in [1.29, 1.82) is 0 Å². The summed E-state index contributed by atoms with van der Waals surface area (Å²) in [5.74, 6) is -0.729. The third kappa shape index (κ3) is 3.16. The van der Waals surface area contributed by atoms with Crippen LogP contribution in [-0.2, 0) is 6.18 Å². The Morgan fingerprint density at radius 3 is 2.52 bits per heavy atom. The summed E-state index contributed by atoms with van der Waals surface area (Å²) in [5, 5.41) is 3.19. The standard InChI is InChI=1S/C11H7F3N4O2S/c12-11(13,14)7-9(18-20)21-10(16-7)17-8(19)5-3-1-2-4-6(5)15/h1-4H,15H2,(H,16,17,19). The van der Waals surface area contributed by atoms with Crippen molar-refractivity contribution in [3.05, 3.63) is 40.4 Å². The van der Waals surface area contributed by atoms with E-state index in [0.29, 0.717) is 11.3 Å². The topological polar surface area (TPSA) is 97.4 Å². The van der Waals surface area contributed by atoms with E-state index in [0.717, 1.165) is 0 Å². The lowest BCUT2D eigenvalue weighted by atomic mass is 10.2. The van der Waals surface area contributed by atoms with Gasteiger partial charge in [-0.25, -0.2) is 4.98 Å². The number of rotatable bonds is 3. The zero-order valence-electron chi connectivity index (χ0n) is 10.1. The molecule has 0 atom stereocenters. The van der Waals surface area contributed by atoms with Crippen molar-refractivity contribution in [2.24, 2.45) is 5.18 Å². The number of anilines is 2. The van der Waals surface area contributed by atoms with Crippen molar-refractivity contribution in [1.82, 2.24) is 4.98 Å². The number of hydrogen-bond donors (Lipinski definition) is 2. The molecule has 1 heterocycles. The van der Waals surface area contributed by atoms with Crippen LogP contribution in [0.15, 0.2) is 29.4 Å². The maximum atomic E-state index is 12.6. The molecule has 21 heavy (non-hydrogen) atoms. The van der Waals surface area contributed by atoms with E-state index in [1.807, 2.05) is 0 Å². The Kier molecular flexibility index (Phi) is 3.89. The van der Waals surface area contributed by atoms with E-state index in [-0.39, 0.29) is 16.4 Å². The van der Waals surface area contributed by atoms with Gasteiger partial charge in [-0.05, 0) is 17.3 Å². The highest BCUT2D eigenvalue weighted by molar-refractivity contribution is 7.19. The molecule has 0 aliphatic heterocycles. The molecule has 0 aliphatic rings. The molecule has 0 saturated heterocycles. The molecule has 0 bridgehead atoms. The van der Waals surface area contributed by atoms with Crippen LogP contribution in [0.4, 0.5) is 29.0 Å². The first-order valence-corrected chi connectivity index (χ1v) is 6.22. The summed E-state index contributed by atoms with van der Waals surface area (Å²) in [6, 6.07) is 6.02. The van der Waals surface area contributed by atoms with Gasteiger partial charge in [0.15, 0.2) is 15.8 Å². The van der Waals surface area contributed by atoms with Crippen LogP contribution in [0.3, 0.4) is 0 Å². The van der Waals surface area contributed by atoms with Crippen LogP contribution in [0.5, 0.6) is 0 Å². The Morgan fingerprint density at radius 2 is 2.00 bits per heavy atom. The smallest absolute Gasteiger partial charge is 0.398 e. The van der Waals surface area contributed by atoms with Crippen molar-refractivity contribution >= 4 is 33.1 Å². The zero-order chi connectivity index (χ0) is 15.6. The third-order valence-corrected chi connectivity index (χ3v) is 3.23. The minimum atomic E-state index is -4.82. The van der Waals surface area contributed by atoms with Gasteiger partial charge in [0.1, 0.15) is 0 Å². The Labute approximate surface area is 119 Å². The van der Waals surface area contributed by atoms with Gasteiger partial charge in [0.2, 0.25) is 0 Å². The van der Waals surface area contributed by atoms with E-state index in [2.05, 4.69) is 15.5 Å². The van der Waals surface area contributed by atoms with Crippen LogP contribution in [-0.4, -0.2) is 10.9 Å². The number of nitrogens with two attached hydrogens (primary N) is 1. The van der Waals surface area contributed by atoms with Gasteiger partial charge in [-0.3, -0.25) is 10.1 Å². The highest BCUT2D eigenvalue weighted by atomic mass is 32.1. The summed E-state index contributed by atoms with van der Waals surface area (Å²) in [5.41, 5.74) is 4.40. The first-order chi connectivity index (χ1) is 9.82. The molecule has 1 aromatic carbocycles. The fraction of sp³-hybridized carbons (Fsp3) is 0.0909. The number of nitrogens with zero attached hydrogens (tertiary/aromatic N) is 2. The molecule has 0 unspecified atom stereocenters. The van der Waals surface area contributed by atoms with Gasteiger partial charge in [0, 0.05) is 5.69 Å². The maximum absolute atomic E-state index is 12.6. The highest BCUT2D eigenvalue weighted by Crippen LogP contribution is 2.41. The molecule has 110 valence electrons. The van der Waals surface area contributed by atoms with Gasteiger partial charge < -0.3 is 5.73 Å². The maximum Gasteiger partial charge on any atom is 0.436 e. The number of nitrogen functional groups attached to an aromatic ring is 1. The molecule has 1 amide bonds. The molecular weight excluding hydrogens is 309 g/mol. The second-order valence-electron chi connectivity index (χ2n) is 3.80. The number of halogens is 3. The van der Waals surface area contributed by atoms with E-state index in [1.165, 1.54) is 12.1 Å². The monoisotopic (exact) mass is 316 g/mol. The second kappa shape index (κ2) is 5.48. The molecule has 0 aliphatic carbocycles. The molecule has 2 rings (SSSR count). The van der Waals surface area contributed by atoms with Crippen molar-refractivity contribution in [3.63, 3.8) is 0 Å². The Morgan fingerprint density at radius 1 is 1.33 bits per heavy atom. The number of para-hydroxylation sites is 1. The van der Waals surface area contributed by atoms with Gasteiger partial charge in [0.25, 0.3) is 5.91 Å². The number of alkyl halides is 3. The van der Waals surface area contributed by atoms with Gasteiger partial charge in [-0.15, -0.1) is 4.91 Å². The van der Waals surface area contributed by atoms with E-state index in [9.17, 15) is 22.9 Å². The largest absolute Gasteiger partial charge is 0.436 e. The number of hydrogen-bond acceptors (Lipinski definition) is 6. The van der Waals surface area contributed by atoms with E-state index < -0.39 is 22.8 Å². The van der Waals surface area contributed by atoms with Crippen LogP contribution in [0.25, 0.3) is 0 Å². The lowest BCUT2D eigenvalue weighted by Crippen LogP contribution is -2.14. The van der Waals surface area contributed by atoms with Crippen LogP contribution in [0.1, 0.15) is 16.1 Å². The van der Waals surface area contributed by atoms with Gasteiger partial charge in [0.05, 0.1) is 5.56 Å². The lowest BCUT2D eigenvalue weighted by Gasteiger charge is -2.04. The predicted octanol–water partition coefficient (Wildman–Crippen LogP) is 3.39. The fourth-order valence-corrected chi connectivity index (χ4v) is 2.24. The predicted molar refractivity (Wildman–Crippen MR) is 71.4 cm³/mol. The molecular formula is C11H7F3N4O2S. The highest BCUT2D eigenvalue weighted by Gasteiger charge is 2.38. The van der Waals surface area contributed by atoms with Crippen LogP contribution in [0.2, 0.25) is 0 Å². The molecule has 0 saturated carbocycles. The average molecular weight is 316 g/mol. The molecule has 2 aromatic rings. The van der Waals surface area contributed by atoms with Crippen LogP contribution >= 0.6 is 11.3 Å². The Hall–Kier alpha value is -2.49. The summed E-state index contributed by atoms with van der Waals surface area (Å²) in [7, 11) is 0. The van der Waals surface area contributed by atoms with Crippen LogP contribution in [0, 0.1) is 4.91 Å². The van der Waals surface area contributed by atoms with Crippen molar-refractivity contribution < 1.29 is 18.0 Å². The van der Waals surface area contributed by atoms with E-state index in [4.69, 9.17) is 5.73 Å². The first kappa shape index (κ1) is 14.9. The number of amides is 1. The molecule has 1 aromatic heterocycles. The number of aromatic nitrogens is 1. The fourth-order valence-electron chi connectivity index (χ4n) is 1.48. The quantitative estimate of drug-likeness (QED) is 0.670. The molecule has 6 nitrogen and oxygen atoms in total. The number of carbonyl (C=O) groups excluding carboxylic acids is 1. The number of thiazole rings is 1. The summed E-state index contributed by atoms with van der Waals surface area (Å²) < 4.78 is 37.8. The van der Waals surface area contributed by atoms with Gasteiger partial charge in [-0.2, -0.15) is 13.2 Å². The van der Waals surface area contributed by atoms with Crippen molar-refractivity contribution in [2.75, 3.05) is 11.1 Å².